The van der Waals surface area contributed by atoms with Crippen molar-refractivity contribution in [1.82, 2.24) is 0 Å². The van der Waals surface area contributed by atoms with Crippen LogP contribution in [0.15, 0.2) is 85.5 Å². The van der Waals surface area contributed by atoms with Crippen molar-refractivity contribution < 1.29 is 28.2 Å². The van der Waals surface area contributed by atoms with E-state index >= 15 is 0 Å². The minimum atomic E-state index is -0.477. The predicted molar refractivity (Wildman–Crippen MR) is 119 cm³/mol. The molecule has 0 aliphatic rings. The Morgan fingerprint density at radius 3 is 1.97 bits per heavy atom. The van der Waals surface area contributed by atoms with E-state index in [0.29, 0.717) is 36.7 Å². The Kier molecular flexibility index (Phi) is 8.15. The third-order valence-electron chi connectivity index (χ3n) is 4.55. The Morgan fingerprint density at radius 1 is 0.781 bits per heavy atom. The van der Waals surface area contributed by atoms with Gasteiger partial charge in [-0.25, -0.2) is 14.0 Å². The molecule has 5 nitrogen and oxygen atoms in total. The van der Waals surface area contributed by atoms with Crippen molar-refractivity contribution in [3.63, 3.8) is 0 Å². The van der Waals surface area contributed by atoms with Crippen LogP contribution in [0.4, 0.5) is 4.39 Å². The predicted octanol–water partition coefficient (Wildman–Crippen LogP) is 5.60. The molecule has 0 saturated carbocycles. The standard InChI is InChI=1S/C26H23FO5/c1-2-25(28)31-18-4-3-17-30-23-13-9-21(10-14-23)26(29)32-24-15-7-20(8-16-24)19-5-11-22(27)12-6-19/h2,5-16H,1,3-4,17-18H2. The minimum absolute atomic E-state index is 0.290. The lowest BCUT2D eigenvalue weighted by Crippen LogP contribution is -2.08. The Morgan fingerprint density at radius 2 is 1.34 bits per heavy atom. The highest BCUT2D eigenvalue weighted by Gasteiger charge is 2.09. The number of halogens is 1. The first-order chi connectivity index (χ1) is 15.5. The van der Waals surface area contributed by atoms with Crippen molar-refractivity contribution in [2.24, 2.45) is 0 Å². The number of benzene rings is 3. The number of unbranched alkanes of at least 4 members (excludes halogenated alkanes) is 1. The van der Waals surface area contributed by atoms with Gasteiger partial charge in [0, 0.05) is 6.08 Å². The third kappa shape index (κ3) is 6.80. The van der Waals surface area contributed by atoms with E-state index in [4.69, 9.17) is 14.2 Å². The van der Waals surface area contributed by atoms with Crippen molar-refractivity contribution in [1.29, 1.82) is 0 Å². The zero-order valence-corrected chi connectivity index (χ0v) is 17.5. The van der Waals surface area contributed by atoms with E-state index in [1.807, 2.05) is 12.1 Å². The number of rotatable bonds is 10. The lowest BCUT2D eigenvalue weighted by atomic mass is 10.1. The fourth-order valence-electron chi connectivity index (χ4n) is 2.84. The largest absolute Gasteiger partial charge is 0.494 e. The molecular formula is C26H23FO5. The molecule has 3 aromatic rings. The number of ether oxygens (including phenoxy) is 3. The van der Waals surface area contributed by atoms with Gasteiger partial charge in [0.2, 0.25) is 0 Å². The number of hydrogen-bond donors (Lipinski definition) is 0. The maximum Gasteiger partial charge on any atom is 0.343 e. The van der Waals surface area contributed by atoms with Crippen LogP contribution in [0, 0.1) is 5.82 Å². The Balaban J connectivity index is 1.45. The van der Waals surface area contributed by atoms with Gasteiger partial charge in [-0.15, -0.1) is 0 Å². The van der Waals surface area contributed by atoms with Gasteiger partial charge in [0.1, 0.15) is 17.3 Å². The molecule has 0 heterocycles. The van der Waals surface area contributed by atoms with Crippen LogP contribution in [0.2, 0.25) is 0 Å². The molecule has 0 atom stereocenters. The van der Waals surface area contributed by atoms with Gasteiger partial charge in [0.15, 0.2) is 0 Å². The molecule has 6 heteroatoms. The molecule has 0 radical (unpaired) electrons. The molecule has 0 unspecified atom stereocenters. The number of carbonyl (C=O) groups excluding carboxylic acids is 2. The van der Waals surface area contributed by atoms with E-state index in [2.05, 4.69) is 6.58 Å². The number of hydrogen-bond acceptors (Lipinski definition) is 5. The van der Waals surface area contributed by atoms with Crippen LogP contribution in [-0.4, -0.2) is 25.2 Å². The van der Waals surface area contributed by atoms with E-state index in [1.165, 1.54) is 12.1 Å². The molecule has 0 aliphatic carbocycles. The normalized spacial score (nSPS) is 10.3. The van der Waals surface area contributed by atoms with Gasteiger partial charge >= 0.3 is 11.9 Å². The van der Waals surface area contributed by atoms with Crippen molar-refractivity contribution in [2.45, 2.75) is 12.8 Å². The van der Waals surface area contributed by atoms with Crippen molar-refractivity contribution in [3.05, 3.63) is 96.8 Å². The first kappa shape index (κ1) is 22.7. The molecule has 3 aromatic carbocycles. The molecule has 0 N–H and O–H groups in total. The molecule has 0 bridgehead atoms. The number of carbonyl (C=O) groups is 2. The van der Waals surface area contributed by atoms with Gasteiger partial charge in [-0.05, 0) is 72.5 Å². The van der Waals surface area contributed by atoms with Crippen LogP contribution in [0.1, 0.15) is 23.2 Å². The summed E-state index contributed by atoms with van der Waals surface area (Å²) in [5.41, 5.74) is 2.17. The second-order valence-corrected chi connectivity index (χ2v) is 6.87. The summed E-state index contributed by atoms with van der Waals surface area (Å²) in [7, 11) is 0. The van der Waals surface area contributed by atoms with E-state index in [9.17, 15) is 14.0 Å². The van der Waals surface area contributed by atoms with Gasteiger partial charge in [-0.2, -0.15) is 0 Å². The Bertz CT molecular complexity index is 1040. The summed E-state index contributed by atoms with van der Waals surface area (Å²) < 4.78 is 29.0. The maximum atomic E-state index is 13.1. The molecule has 0 aromatic heterocycles. The van der Waals surface area contributed by atoms with Crippen LogP contribution in [0.3, 0.4) is 0 Å². The first-order valence-electron chi connectivity index (χ1n) is 10.2. The Hall–Kier alpha value is -3.93. The average Bonchev–Trinajstić information content (AvgIpc) is 2.82. The van der Waals surface area contributed by atoms with Gasteiger partial charge < -0.3 is 14.2 Å². The van der Waals surface area contributed by atoms with Crippen molar-refractivity contribution in [2.75, 3.05) is 13.2 Å². The quantitative estimate of drug-likeness (QED) is 0.180. The van der Waals surface area contributed by atoms with E-state index in [-0.39, 0.29) is 5.82 Å². The van der Waals surface area contributed by atoms with Crippen molar-refractivity contribution in [3.8, 4) is 22.6 Å². The summed E-state index contributed by atoms with van der Waals surface area (Å²) in [5.74, 6) is -0.152. The zero-order chi connectivity index (χ0) is 22.8. The fourth-order valence-corrected chi connectivity index (χ4v) is 2.84. The highest BCUT2D eigenvalue weighted by molar-refractivity contribution is 5.91. The topological polar surface area (TPSA) is 61.8 Å². The summed E-state index contributed by atoms with van der Waals surface area (Å²) >= 11 is 0. The van der Waals surface area contributed by atoms with Crippen molar-refractivity contribution >= 4 is 11.9 Å². The van der Waals surface area contributed by atoms with Crippen LogP contribution in [0.25, 0.3) is 11.1 Å². The summed E-state index contributed by atoms with van der Waals surface area (Å²) in [6.45, 7) is 4.12. The van der Waals surface area contributed by atoms with Crippen LogP contribution in [0.5, 0.6) is 11.5 Å². The zero-order valence-electron chi connectivity index (χ0n) is 17.5. The minimum Gasteiger partial charge on any atom is -0.494 e. The molecule has 0 amide bonds. The molecule has 0 spiro atoms. The lowest BCUT2D eigenvalue weighted by molar-refractivity contribution is -0.137. The SMILES string of the molecule is C=CC(=O)OCCCCOc1ccc(C(=O)Oc2ccc(-c3ccc(F)cc3)cc2)cc1. The van der Waals surface area contributed by atoms with E-state index < -0.39 is 11.9 Å². The molecule has 3 rings (SSSR count). The van der Waals surface area contributed by atoms with Gasteiger partial charge in [0.25, 0.3) is 0 Å². The summed E-state index contributed by atoms with van der Waals surface area (Å²) in [6.07, 6.45) is 2.54. The fraction of sp³-hybridized carbons (Fsp3) is 0.154. The van der Waals surface area contributed by atoms with Gasteiger partial charge in [-0.1, -0.05) is 30.8 Å². The molecule has 0 saturated heterocycles. The van der Waals surface area contributed by atoms with Crippen LogP contribution < -0.4 is 9.47 Å². The highest BCUT2D eigenvalue weighted by atomic mass is 19.1. The molecule has 0 fully saturated rings. The van der Waals surface area contributed by atoms with E-state index in [1.54, 1.807) is 48.5 Å². The smallest absolute Gasteiger partial charge is 0.343 e. The maximum absolute atomic E-state index is 13.1. The first-order valence-corrected chi connectivity index (χ1v) is 10.2. The van der Waals surface area contributed by atoms with Gasteiger partial charge in [0.05, 0.1) is 18.8 Å². The van der Waals surface area contributed by atoms with Crippen LogP contribution >= 0.6 is 0 Å². The highest BCUT2D eigenvalue weighted by Crippen LogP contribution is 2.23. The number of esters is 2. The average molecular weight is 434 g/mol. The van der Waals surface area contributed by atoms with Gasteiger partial charge in [-0.3, -0.25) is 0 Å². The Labute approximate surface area is 186 Å². The molecular weight excluding hydrogens is 411 g/mol. The third-order valence-corrected chi connectivity index (χ3v) is 4.55. The second kappa shape index (κ2) is 11.5. The molecule has 164 valence electrons. The summed E-state index contributed by atoms with van der Waals surface area (Å²) in [4.78, 5) is 23.3. The molecule has 32 heavy (non-hydrogen) atoms. The lowest BCUT2D eigenvalue weighted by Gasteiger charge is -2.08. The summed E-state index contributed by atoms with van der Waals surface area (Å²) in [6, 6.07) is 19.9. The molecule has 0 aliphatic heterocycles. The summed E-state index contributed by atoms with van der Waals surface area (Å²) in [5, 5.41) is 0. The monoisotopic (exact) mass is 434 g/mol. The van der Waals surface area contributed by atoms with E-state index in [0.717, 1.165) is 23.6 Å². The second-order valence-electron chi connectivity index (χ2n) is 6.87. The van der Waals surface area contributed by atoms with Crippen LogP contribution in [-0.2, 0) is 9.53 Å².